The molecule has 1 saturated carbocycles. The molecule has 1 aromatic heterocycles. The molecular formula is C15H14BrN3O2S. The molecule has 1 fully saturated rings. The van der Waals surface area contributed by atoms with Crippen LogP contribution in [0.25, 0.3) is 0 Å². The van der Waals surface area contributed by atoms with E-state index >= 15 is 0 Å². The lowest BCUT2D eigenvalue weighted by Gasteiger charge is -2.08. The fraction of sp³-hybridized carbons (Fsp3) is 0.200. The van der Waals surface area contributed by atoms with Crippen LogP contribution in [0.5, 0.6) is 0 Å². The van der Waals surface area contributed by atoms with E-state index in [1.165, 1.54) is 11.3 Å². The highest BCUT2D eigenvalue weighted by Crippen LogP contribution is 2.23. The van der Waals surface area contributed by atoms with Gasteiger partial charge in [-0.15, -0.1) is 11.3 Å². The third-order valence-corrected chi connectivity index (χ3v) is 4.73. The number of hydrogen-bond donors (Lipinski definition) is 3. The van der Waals surface area contributed by atoms with Gasteiger partial charge < -0.3 is 16.0 Å². The van der Waals surface area contributed by atoms with Crippen LogP contribution in [0, 0.1) is 0 Å². The van der Waals surface area contributed by atoms with Gasteiger partial charge in [-0.1, -0.05) is 0 Å². The van der Waals surface area contributed by atoms with Crippen LogP contribution in [0.15, 0.2) is 40.2 Å². The summed E-state index contributed by atoms with van der Waals surface area (Å²) in [5, 5.41) is 8.43. The zero-order valence-electron chi connectivity index (χ0n) is 11.6. The predicted octanol–water partition coefficient (Wildman–Crippen LogP) is 4.05. The van der Waals surface area contributed by atoms with Gasteiger partial charge in [-0.3, -0.25) is 4.79 Å². The normalized spacial score (nSPS) is 13.5. The van der Waals surface area contributed by atoms with E-state index < -0.39 is 0 Å². The first-order valence-electron chi connectivity index (χ1n) is 6.84. The molecule has 0 unspecified atom stereocenters. The zero-order chi connectivity index (χ0) is 15.5. The van der Waals surface area contributed by atoms with Crippen molar-refractivity contribution in [2.45, 2.75) is 18.9 Å². The Hall–Kier alpha value is -1.86. The first-order chi connectivity index (χ1) is 10.6. The van der Waals surface area contributed by atoms with Gasteiger partial charge in [0, 0.05) is 17.4 Å². The Balaban J connectivity index is 1.56. The van der Waals surface area contributed by atoms with E-state index in [0.29, 0.717) is 22.3 Å². The molecule has 0 radical (unpaired) electrons. The average Bonchev–Trinajstić information content (AvgIpc) is 3.18. The molecule has 114 valence electrons. The SMILES string of the molecule is O=C(Nc1ccc(NC(=O)c2ccc(Br)s2)cc1)NC1CC1. The van der Waals surface area contributed by atoms with Gasteiger partial charge in [0.05, 0.1) is 8.66 Å². The Morgan fingerprint density at radius 3 is 2.18 bits per heavy atom. The van der Waals surface area contributed by atoms with E-state index in [9.17, 15) is 9.59 Å². The Morgan fingerprint density at radius 1 is 1.00 bits per heavy atom. The number of hydrogen-bond acceptors (Lipinski definition) is 3. The Labute approximate surface area is 140 Å². The fourth-order valence-electron chi connectivity index (χ4n) is 1.85. The van der Waals surface area contributed by atoms with Crippen LogP contribution in [0.3, 0.4) is 0 Å². The molecule has 3 amide bonds. The third kappa shape index (κ3) is 4.08. The first kappa shape index (κ1) is 15.1. The molecular weight excluding hydrogens is 366 g/mol. The van der Waals surface area contributed by atoms with Crippen LogP contribution in [0.2, 0.25) is 0 Å². The molecule has 1 aromatic carbocycles. The minimum Gasteiger partial charge on any atom is -0.335 e. The number of urea groups is 1. The molecule has 2 aromatic rings. The maximum atomic E-state index is 12.0. The molecule has 1 heterocycles. The number of nitrogens with one attached hydrogen (secondary N) is 3. The van der Waals surface area contributed by atoms with Crippen LogP contribution >= 0.6 is 27.3 Å². The smallest absolute Gasteiger partial charge is 0.319 e. The number of thiophene rings is 1. The summed E-state index contributed by atoms with van der Waals surface area (Å²) in [6.45, 7) is 0. The summed E-state index contributed by atoms with van der Waals surface area (Å²) in [6, 6.07) is 10.8. The number of benzene rings is 1. The number of carbonyl (C=O) groups excluding carboxylic acids is 2. The third-order valence-electron chi connectivity index (χ3n) is 3.11. The van der Waals surface area contributed by atoms with Crippen LogP contribution < -0.4 is 16.0 Å². The monoisotopic (exact) mass is 379 g/mol. The van der Waals surface area contributed by atoms with E-state index in [2.05, 4.69) is 31.9 Å². The van der Waals surface area contributed by atoms with Crippen molar-refractivity contribution in [1.29, 1.82) is 0 Å². The molecule has 3 rings (SSSR count). The molecule has 7 heteroatoms. The van der Waals surface area contributed by atoms with Crippen molar-refractivity contribution in [3.8, 4) is 0 Å². The number of rotatable bonds is 4. The van der Waals surface area contributed by atoms with Crippen molar-refractivity contribution >= 4 is 50.6 Å². The van der Waals surface area contributed by atoms with Crippen molar-refractivity contribution in [2.75, 3.05) is 10.6 Å². The van der Waals surface area contributed by atoms with Crippen LogP contribution in [-0.2, 0) is 0 Å². The van der Waals surface area contributed by atoms with E-state index in [4.69, 9.17) is 0 Å². The highest BCUT2D eigenvalue weighted by atomic mass is 79.9. The molecule has 0 atom stereocenters. The lowest BCUT2D eigenvalue weighted by atomic mass is 10.2. The number of anilines is 2. The molecule has 1 aliphatic rings. The summed E-state index contributed by atoms with van der Waals surface area (Å²) < 4.78 is 0.916. The second-order valence-electron chi connectivity index (χ2n) is 5.01. The molecule has 1 aliphatic carbocycles. The summed E-state index contributed by atoms with van der Waals surface area (Å²) in [5.74, 6) is -0.150. The fourth-order valence-corrected chi connectivity index (χ4v) is 3.13. The van der Waals surface area contributed by atoms with E-state index in [0.717, 1.165) is 16.6 Å². The Kier molecular flexibility index (Phi) is 4.44. The average molecular weight is 380 g/mol. The standard InChI is InChI=1S/C15H14BrN3O2S/c16-13-8-7-12(22-13)14(20)17-9-1-3-10(4-2-9)18-15(21)19-11-5-6-11/h1-4,7-8,11H,5-6H2,(H,17,20)(H2,18,19,21). The van der Waals surface area contributed by atoms with Gasteiger partial charge in [0.2, 0.25) is 0 Å². The lowest BCUT2D eigenvalue weighted by Crippen LogP contribution is -2.30. The maximum Gasteiger partial charge on any atom is 0.319 e. The summed E-state index contributed by atoms with van der Waals surface area (Å²) in [6.07, 6.45) is 2.11. The van der Waals surface area contributed by atoms with Crippen molar-refractivity contribution in [2.24, 2.45) is 0 Å². The number of carbonyl (C=O) groups is 2. The lowest BCUT2D eigenvalue weighted by molar-refractivity contribution is 0.103. The first-order valence-corrected chi connectivity index (χ1v) is 8.45. The summed E-state index contributed by atoms with van der Waals surface area (Å²) in [7, 11) is 0. The van der Waals surface area contributed by atoms with Crippen LogP contribution in [-0.4, -0.2) is 18.0 Å². The van der Waals surface area contributed by atoms with E-state index in [-0.39, 0.29) is 11.9 Å². The maximum absolute atomic E-state index is 12.0. The van der Waals surface area contributed by atoms with Crippen molar-refractivity contribution < 1.29 is 9.59 Å². The van der Waals surface area contributed by atoms with Crippen molar-refractivity contribution in [3.05, 3.63) is 45.1 Å². The van der Waals surface area contributed by atoms with Gasteiger partial charge in [0.25, 0.3) is 5.91 Å². The molecule has 22 heavy (non-hydrogen) atoms. The molecule has 0 saturated heterocycles. The van der Waals surface area contributed by atoms with Gasteiger partial charge in [-0.05, 0) is 65.2 Å². The van der Waals surface area contributed by atoms with Gasteiger partial charge in [0.1, 0.15) is 0 Å². The second kappa shape index (κ2) is 6.50. The quantitative estimate of drug-likeness (QED) is 0.749. The van der Waals surface area contributed by atoms with Gasteiger partial charge in [0.15, 0.2) is 0 Å². The molecule has 0 aliphatic heterocycles. The molecule has 3 N–H and O–H groups in total. The second-order valence-corrected chi connectivity index (χ2v) is 7.47. The summed E-state index contributed by atoms with van der Waals surface area (Å²) >= 11 is 4.71. The largest absolute Gasteiger partial charge is 0.335 e. The van der Waals surface area contributed by atoms with E-state index in [1.807, 2.05) is 6.07 Å². The molecule has 0 spiro atoms. The summed E-state index contributed by atoms with van der Waals surface area (Å²) in [5.41, 5.74) is 1.37. The van der Waals surface area contributed by atoms with Crippen LogP contribution in [0.1, 0.15) is 22.5 Å². The van der Waals surface area contributed by atoms with Crippen molar-refractivity contribution in [1.82, 2.24) is 5.32 Å². The summed E-state index contributed by atoms with van der Waals surface area (Å²) in [4.78, 5) is 24.3. The van der Waals surface area contributed by atoms with Gasteiger partial charge in [-0.2, -0.15) is 0 Å². The van der Waals surface area contributed by atoms with Crippen molar-refractivity contribution in [3.63, 3.8) is 0 Å². The highest BCUT2D eigenvalue weighted by molar-refractivity contribution is 9.11. The van der Waals surface area contributed by atoms with E-state index in [1.54, 1.807) is 30.3 Å². The van der Waals surface area contributed by atoms with Gasteiger partial charge >= 0.3 is 6.03 Å². The zero-order valence-corrected chi connectivity index (χ0v) is 14.0. The Bertz CT molecular complexity index is 695. The molecule has 0 bridgehead atoms. The topological polar surface area (TPSA) is 70.2 Å². The van der Waals surface area contributed by atoms with Gasteiger partial charge in [-0.25, -0.2) is 4.79 Å². The molecule has 5 nitrogen and oxygen atoms in total. The predicted molar refractivity (Wildman–Crippen MR) is 91.6 cm³/mol. The minimum absolute atomic E-state index is 0.150. The number of halogens is 1. The highest BCUT2D eigenvalue weighted by Gasteiger charge is 2.23. The number of amides is 3. The van der Waals surface area contributed by atoms with Crippen LogP contribution in [0.4, 0.5) is 16.2 Å². The Morgan fingerprint density at radius 2 is 1.64 bits per heavy atom. The minimum atomic E-state index is -0.192.